The van der Waals surface area contributed by atoms with Crippen LogP contribution in [0.3, 0.4) is 0 Å². The maximum absolute atomic E-state index is 12.7. The molecule has 122 valence electrons. The van der Waals surface area contributed by atoms with Crippen molar-refractivity contribution in [2.24, 2.45) is 0 Å². The second-order valence-electron chi connectivity index (χ2n) is 5.49. The zero-order valence-electron chi connectivity index (χ0n) is 13.3. The minimum atomic E-state index is -0.484. The average molecular weight is 342 g/mol. The molecule has 6 heteroatoms. The number of hydrogen-bond donors (Lipinski definition) is 1. The summed E-state index contributed by atoms with van der Waals surface area (Å²) in [6, 6.07) is 8.68. The first kappa shape index (κ1) is 16.2. The molecule has 0 aliphatic rings. The molecule has 1 aromatic carbocycles. The normalized spacial score (nSPS) is 10.8. The predicted molar refractivity (Wildman–Crippen MR) is 95.8 cm³/mol. The number of rotatable bonds is 3. The fourth-order valence-electron chi connectivity index (χ4n) is 2.58. The van der Waals surface area contributed by atoms with E-state index in [-0.39, 0.29) is 11.0 Å². The summed E-state index contributed by atoms with van der Waals surface area (Å²) in [7, 11) is 0. The largest absolute Gasteiger partial charge is 0.347 e. The molecule has 0 unspecified atom stereocenters. The molecule has 0 fully saturated rings. The molecule has 0 saturated carbocycles. The number of nitrogens with one attached hydrogen (secondary N) is 1. The number of hydrogen-bond acceptors (Lipinski definition) is 3. The van der Waals surface area contributed by atoms with Gasteiger partial charge in [0.25, 0.3) is 5.91 Å². The molecule has 0 atom stereocenters. The lowest BCUT2D eigenvalue weighted by molar-refractivity contribution is 0.102. The third kappa shape index (κ3) is 3.03. The van der Waals surface area contributed by atoms with E-state index in [0.29, 0.717) is 22.8 Å². The highest BCUT2D eigenvalue weighted by Crippen LogP contribution is 2.18. The molecule has 0 saturated heterocycles. The van der Waals surface area contributed by atoms with Crippen LogP contribution in [-0.2, 0) is 6.54 Å². The molecule has 0 spiro atoms. The molecule has 2 heterocycles. The maximum atomic E-state index is 12.7. The monoisotopic (exact) mass is 341 g/mol. The highest BCUT2D eigenvalue weighted by Gasteiger charge is 2.16. The van der Waals surface area contributed by atoms with Gasteiger partial charge in [0.05, 0.1) is 5.52 Å². The van der Waals surface area contributed by atoms with Gasteiger partial charge in [0, 0.05) is 29.3 Å². The second-order valence-corrected chi connectivity index (χ2v) is 5.93. The molecule has 0 bridgehead atoms. The number of benzene rings is 1. The maximum Gasteiger partial charge on any atom is 0.262 e. The molecular weight excluding hydrogens is 326 g/mol. The van der Waals surface area contributed by atoms with Crippen LogP contribution in [0.15, 0.2) is 47.5 Å². The number of fused-ring (bicyclic) bond motifs is 1. The van der Waals surface area contributed by atoms with Gasteiger partial charge in [-0.05, 0) is 49.7 Å². The van der Waals surface area contributed by atoms with Gasteiger partial charge in [-0.25, -0.2) is 4.98 Å². The van der Waals surface area contributed by atoms with Gasteiger partial charge in [0.15, 0.2) is 0 Å². The number of aryl methyl sites for hydroxylation is 2. The Labute approximate surface area is 143 Å². The quantitative estimate of drug-likeness (QED) is 0.791. The first-order chi connectivity index (χ1) is 11.5. The van der Waals surface area contributed by atoms with E-state index < -0.39 is 5.91 Å². The van der Waals surface area contributed by atoms with Crippen molar-refractivity contribution in [3.63, 3.8) is 0 Å². The molecule has 3 rings (SSSR count). The van der Waals surface area contributed by atoms with Crippen LogP contribution in [0.2, 0.25) is 5.02 Å². The van der Waals surface area contributed by atoms with Gasteiger partial charge in [0.2, 0.25) is 5.43 Å². The van der Waals surface area contributed by atoms with E-state index >= 15 is 0 Å². The molecular formula is C18H16ClN3O2. The number of aromatic nitrogens is 2. The zero-order valence-corrected chi connectivity index (χ0v) is 14.1. The number of carbonyl (C=O) groups excluding carboxylic acids is 1. The Kier molecular flexibility index (Phi) is 4.36. The van der Waals surface area contributed by atoms with Gasteiger partial charge in [0.1, 0.15) is 11.4 Å². The molecule has 1 N–H and O–H groups in total. The van der Waals surface area contributed by atoms with E-state index in [1.807, 2.05) is 24.5 Å². The summed E-state index contributed by atoms with van der Waals surface area (Å²) in [6.07, 6.45) is 3.18. The molecule has 2 aromatic heterocycles. The van der Waals surface area contributed by atoms with E-state index in [4.69, 9.17) is 11.6 Å². The summed E-state index contributed by atoms with van der Waals surface area (Å²) >= 11 is 6.01. The third-order valence-electron chi connectivity index (χ3n) is 3.78. The van der Waals surface area contributed by atoms with Crippen LogP contribution in [0.25, 0.3) is 10.9 Å². The Bertz CT molecular complexity index is 995. The third-order valence-corrected chi connectivity index (χ3v) is 4.02. The Morgan fingerprint density at radius 1 is 1.29 bits per heavy atom. The van der Waals surface area contributed by atoms with Gasteiger partial charge in [-0.15, -0.1) is 0 Å². The molecule has 1 amide bonds. The van der Waals surface area contributed by atoms with Gasteiger partial charge < -0.3 is 9.88 Å². The SMILES string of the molecule is CCn1cc(C(=O)Nc2cc(C)ccn2)c(=O)c2cc(Cl)ccc21. The van der Waals surface area contributed by atoms with Crippen molar-refractivity contribution in [2.75, 3.05) is 5.32 Å². The Balaban J connectivity index is 2.10. The van der Waals surface area contributed by atoms with Crippen molar-refractivity contribution in [3.05, 3.63) is 69.1 Å². The molecule has 3 aromatic rings. The summed E-state index contributed by atoms with van der Waals surface area (Å²) in [5.74, 6) is -0.0733. The molecule has 24 heavy (non-hydrogen) atoms. The number of anilines is 1. The van der Waals surface area contributed by atoms with Crippen LogP contribution in [0.4, 0.5) is 5.82 Å². The number of nitrogens with zero attached hydrogens (tertiary/aromatic N) is 2. The molecule has 0 aliphatic heterocycles. The molecule has 0 aliphatic carbocycles. The fourth-order valence-corrected chi connectivity index (χ4v) is 2.75. The van der Waals surface area contributed by atoms with Crippen molar-refractivity contribution in [2.45, 2.75) is 20.4 Å². The Hall–Kier alpha value is -2.66. The molecule has 5 nitrogen and oxygen atoms in total. The van der Waals surface area contributed by atoms with E-state index in [2.05, 4.69) is 10.3 Å². The van der Waals surface area contributed by atoms with E-state index in [1.54, 1.807) is 36.7 Å². The van der Waals surface area contributed by atoms with Crippen LogP contribution in [-0.4, -0.2) is 15.5 Å². The Morgan fingerprint density at radius 2 is 2.08 bits per heavy atom. The van der Waals surface area contributed by atoms with Crippen molar-refractivity contribution in [1.82, 2.24) is 9.55 Å². The highest BCUT2D eigenvalue weighted by atomic mass is 35.5. The lowest BCUT2D eigenvalue weighted by atomic mass is 10.1. The van der Waals surface area contributed by atoms with Crippen molar-refractivity contribution in [1.29, 1.82) is 0 Å². The van der Waals surface area contributed by atoms with Crippen LogP contribution < -0.4 is 10.7 Å². The smallest absolute Gasteiger partial charge is 0.262 e. The first-order valence-electron chi connectivity index (χ1n) is 7.56. The fraction of sp³-hybridized carbons (Fsp3) is 0.167. The van der Waals surface area contributed by atoms with Gasteiger partial charge in [-0.3, -0.25) is 9.59 Å². The minimum absolute atomic E-state index is 0.0647. The minimum Gasteiger partial charge on any atom is -0.347 e. The summed E-state index contributed by atoms with van der Waals surface area (Å²) in [6.45, 7) is 4.48. The van der Waals surface area contributed by atoms with Crippen LogP contribution in [0.5, 0.6) is 0 Å². The van der Waals surface area contributed by atoms with Crippen molar-refractivity contribution in [3.8, 4) is 0 Å². The standard InChI is InChI=1S/C18H16ClN3O2/c1-3-22-10-14(17(23)13-9-12(19)4-5-15(13)22)18(24)21-16-8-11(2)6-7-20-16/h4-10H,3H2,1-2H3,(H,20,21,24). The predicted octanol–water partition coefficient (Wildman–Crippen LogP) is 3.63. The van der Waals surface area contributed by atoms with Crippen LogP contribution in [0, 0.1) is 6.92 Å². The summed E-state index contributed by atoms with van der Waals surface area (Å²) in [5, 5.41) is 3.56. The van der Waals surface area contributed by atoms with E-state index in [0.717, 1.165) is 11.1 Å². The lowest BCUT2D eigenvalue weighted by Gasteiger charge is -2.12. The topological polar surface area (TPSA) is 64.0 Å². The number of carbonyl (C=O) groups is 1. The Morgan fingerprint density at radius 3 is 2.79 bits per heavy atom. The van der Waals surface area contributed by atoms with Crippen molar-refractivity contribution < 1.29 is 4.79 Å². The van der Waals surface area contributed by atoms with Crippen LogP contribution >= 0.6 is 11.6 Å². The van der Waals surface area contributed by atoms with E-state index in [9.17, 15) is 9.59 Å². The molecule has 0 radical (unpaired) electrons. The van der Waals surface area contributed by atoms with Gasteiger partial charge >= 0.3 is 0 Å². The van der Waals surface area contributed by atoms with Gasteiger partial charge in [-0.1, -0.05) is 11.6 Å². The van der Waals surface area contributed by atoms with Crippen molar-refractivity contribution >= 4 is 34.2 Å². The van der Waals surface area contributed by atoms with E-state index in [1.165, 1.54) is 0 Å². The first-order valence-corrected chi connectivity index (χ1v) is 7.94. The number of halogens is 1. The zero-order chi connectivity index (χ0) is 17.3. The number of amides is 1. The second kappa shape index (κ2) is 6.45. The van der Waals surface area contributed by atoms with Crippen LogP contribution in [0.1, 0.15) is 22.8 Å². The average Bonchev–Trinajstić information content (AvgIpc) is 2.55. The van der Waals surface area contributed by atoms with Gasteiger partial charge in [-0.2, -0.15) is 0 Å². The highest BCUT2D eigenvalue weighted by molar-refractivity contribution is 6.31. The summed E-state index contributed by atoms with van der Waals surface area (Å²) < 4.78 is 1.85. The lowest BCUT2D eigenvalue weighted by Crippen LogP contribution is -2.24. The summed E-state index contributed by atoms with van der Waals surface area (Å²) in [5.41, 5.74) is 1.44. The summed E-state index contributed by atoms with van der Waals surface area (Å²) in [4.78, 5) is 29.3. The number of pyridine rings is 2.